The van der Waals surface area contributed by atoms with Crippen LogP contribution in [-0.4, -0.2) is 49.3 Å². The molecule has 0 amide bonds. The summed E-state index contributed by atoms with van der Waals surface area (Å²) in [7, 11) is 0. The predicted molar refractivity (Wildman–Crippen MR) is 73.4 cm³/mol. The second-order valence-corrected chi connectivity index (χ2v) is 5.72. The average molecular weight is 242 g/mol. The molecule has 3 heteroatoms. The third kappa shape index (κ3) is 4.57. The first-order valence-electron chi connectivity index (χ1n) is 7.15. The number of rotatable bonds is 6. The Hall–Kier alpha value is -0.120. The van der Waals surface area contributed by atoms with E-state index in [9.17, 15) is 0 Å². The van der Waals surface area contributed by atoms with Crippen molar-refractivity contribution < 1.29 is 4.74 Å². The molecule has 3 nitrogen and oxygen atoms in total. The molecule has 2 atom stereocenters. The van der Waals surface area contributed by atoms with Gasteiger partial charge in [-0.15, -0.1) is 0 Å². The van der Waals surface area contributed by atoms with Gasteiger partial charge in [0.2, 0.25) is 0 Å². The standard InChI is InChI=1S/C14H30N2O/c1-6-7-15-14(11(2)3)13-10-16(12(4)5)8-9-17-13/h11-15H,6-10H2,1-5H3. The summed E-state index contributed by atoms with van der Waals surface area (Å²) in [5.41, 5.74) is 0. The van der Waals surface area contributed by atoms with Gasteiger partial charge in [-0.25, -0.2) is 0 Å². The Bertz CT molecular complexity index is 206. The molecular weight excluding hydrogens is 212 g/mol. The largest absolute Gasteiger partial charge is 0.374 e. The first kappa shape index (κ1) is 14.9. The van der Waals surface area contributed by atoms with Gasteiger partial charge in [0.05, 0.1) is 12.7 Å². The van der Waals surface area contributed by atoms with Gasteiger partial charge >= 0.3 is 0 Å². The summed E-state index contributed by atoms with van der Waals surface area (Å²) in [6.07, 6.45) is 1.53. The number of morpholine rings is 1. The molecule has 1 N–H and O–H groups in total. The Labute approximate surface area is 107 Å². The van der Waals surface area contributed by atoms with Crippen molar-refractivity contribution in [2.24, 2.45) is 5.92 Å². The molecule has 1 saturated heterocycles. The van der Waals surface area contributed by atoms with E-state index in [0.29, 0.717) is 24.1 Å². The lowest BCUT2D eigenvalue weighted by Gasteiger charge is -2.40. The summed E-state index contributed by atoms with van der Waals surface area (Å²) in [4.78, 5) is 2.52. The lowest BCUT2D eigenvalue weighted by molar-refractivity contribution is -0.0623. The highest BCUT2D eigenvalue weighted by Gasteiger charge is 2.30. The minimum atomic E-state index is 0.345. The van der Waals surface area contributed by atoms with E-state index in [0.717, 1.165) is 26.2 Å². The van der Waals surface area contributed by atoms with E-state index in [-0.39, 0.29) is 0 Å². The van der Waals surface area contributed by atoms with Crippen LogP contribution in [0, 0.1) is 5.92 Å². The van der Waals surface area contributed by atoms with Gasteiger partial charge in [-0.2, -0.15) is 0 Å². The smallest absolute Gasteiger partial charge is 0.0857 e. The van der Waals surface area contributed by atoms with Crippen molar-refractivity contribution in [2.45, 2.75) is 59.2 Å². The van der Waals surface area contributed by atoms with Crippen LogP contribution in [0.5, 0.6) is 0 Å². The summed E-state index contributed by atoms with van der Waals surface area (Å²) in [6, 6.07) is 1.11. The Morgan fingerprint density at radius 1 is 1.29 bits per heavy atom. The molecule has 0 bridgehead atoms. The highest BCUT2D eigenvalue weighted by Crippen LogP contribution is 2.16. The third-order valence-electron chi connectivity index (χ3n) is 3.60. The van der Waals surface area contributed by atoms with Crippen molar-refractivity contribution in [1.29, 1.82) is 0 Å². The van der Waals surface area contributed by atoms with Crippen molar-refractivity contribution >= 4 is 0 Å². The number of hydrogen-bond donors (Lipinski definition) is 1. The van der Waals surface area contributed by atoms with Gasteiger partial charge in [0.1, 0.15) is 0 Å². The van der Waals surface area contributed by atoms with Crippen LogP contribution in [-0.2, 0) is 4.74 Å². The second-order valence-electron chi connectivity index (χ2n) is 5.72. The maximum absolute atomic E-state index is 5.97. The molecular formula is C14H30N2O. The minimum Gasteiger partial charge on any atom is -0.374 e. The van der Waals surface area contributed by atoms with Gasteiger partial charge in [-0.1, -0.05) is 20.8 Å². The van der Waals surface area contributed by atoms with Crippen LogP contribution in [0.4, 0.5) is 0 Å². The number of nitrogens with one attached hydrogen (secondary N) is 1. The molecule has 0 spiro atoms. The van der Waals surface area contributed by atoms with Gasteiger partial charge < -0.3 is 10.1 Å². The van der Waals surface area contributed by atoms with Crippen molar-refractivity contribution in [3.63, 3.8) is 0 Å². The molecule has 0 radical (unpaired) electrons. The van der Waals surface area contributed by atoms with E-state index in [2.05, 4.69) is 44.8 Å². The average Bonchev–Trinajstić information content (AvgIpc) is 2.29. The first-order chi connectivity index (χ1) is 8.06. The lowest BCUT2D eigenvalue weighted by atomic mass is 9.96. The fraction of sp³-hybridized carbons (Fsp3) is 1.00. The Balaban J connectivity index is 2.54. The van der Waals surface area contributed by atoms with Crippen LogP contribution in [0.2, 0.25) is 0 Å². The second kappa shape index (κ2) is 7.34. The summed E-state index contributed by atoms with van der Waals surface area (Å²) < 4.78 is 5.97. The monoisotopic (exact) mass is 242 g/mol. The van der Waals surface area contributed by atoms with Crippen molar-refractivity contribution in [2.75, 3.05) is 26.2 Å². The molecule has 0 aromatic rings. The van der Waals surface area contributed by atoms with Gasteiger partial charge in [0.15, 0.2) is 0 Å². The normalized spacial score (nSPS) is 24.5. The van der Waals surface area contributed by atoms with E-state index >= 15 is 0 Å². The van der Waals surface area contributed by atoms with Gasteiger partial charge in [0, 0.05) is 25.2 Å². The van der Waals surface area contributed by atoms with E-state index in [1.54, 1.807) is 0 Å². The zero-order valence-corrected chi connectivity index (χ0v) is 12.2. The minimum absolute atomic E-state index is 0.345. The van der Waals surface area contributed by atoms with Gasteiger partial charge in [0.25, 0.3) is 0 Å². The molecule has 1 fully saturated rings. The van der Waals surface area contributed by atoms with Crippen LogP contribution in [0.1, 0.15) is 41.0 Å². The highest BCUT2D eigenvalue weighted by molar-refractivity contribution is 4.85. The fourth-order valence-corrected chi connectivity index (χ4v) is 2.49. The zero-order valence-electron chi connectivity index (χ0n) is 12.2. The molecule has 0 aliphatic carbocycles. The Morgan fingerprint density at radius 2 is 2.00 bits per heavy atom. The highest BCUT2D eigenvalue weighted by atomic mass is 16.5. The molecule has 1 heterocycles. The third-order valence-corrected chi connectivity index (χ3v) is 3.60. The van der Waals surface area contributed by atoms with Crippen LogP contribution < -0.4 is 5.32 Å². The van der Waals surface area contributed by atoms with E-state index < -0.39 is 0 Å². The Morgan fingerprint density at radius 3 is 2.53 bits per heavy atom. The predicted octanol–water partition coefficient (Wildman–Crippen LogP) is 2.12. The topological polar surface area (TPSA) is 24.5 Å². The molecule has 0 aromatic heterocycles. The lowest BCUT2D eigenvalue weighted by Crippen LogP contribution is -2.55. The fourth-order valence-electron chi connectivity index (χ4n) is 2.49. The zero-order chi connectivity index (χ0) is 12.8. The molecule has 0 saturated carbocycles. The maximum Gasteiger partial charge on any atom is 0.0857 e. The summed E-state index contributed by atoms with van der Waals surface area (Å²) in [6.45, 7) is 15.4. The molecule has 2 unspecified atom stereocenters. The first-order valence-corrected chi connectivity index (χ1v) is 7.15. The Kier molecular flexibility index (Phi) is 6.45. The van der Waals surface area contributed by atoms with Gasteiger partial charge in [-0.3, -0.25) is 4.90 Å². The quantitative estimate of drug-likeness (QED) is 0.772. The van der Waals surface area contributed by atoms with Crippen LogP contribution >= 0.6 is 0 Å². The SMILES string of the molecule is CCCNC(C(C)C)C1CN(C(C)C)CCO1. The summed E-state index contributed by atoms with van der Waals surface area (Å²) in [5, 5.41) is 3.65. The van der Waals surface area contributed by atoms with Crippen LogP contribution in [0.3, 0.4) is 0 Å². The maximum atomic E-state index is 5.97. The molecule has 1 aliphatic heterocycles. The molecule has 1 rings (SSSR count). The van der Waals surface area contributed by atoms with Gasteiger partial charge in [-0.05, 0) is 32.7 Å². The van der Waals surface area contributed by atoms with Crippen molar-refractivity contribution in [3.8, 4) is 0 Å². The summed E-state index contributed by atoms with van der Waals surface area (Å²) >= 11 is 0. The molecule has 102 valence electrons. The van der Waals surface area contributed by atoms with E-state index in [1.807, 2.05) is 0 Å². The van der Waals surface area contributed by atoms with Crippen LogP contribution in [0.25, 0.3) is 0 Å². The number of nitrogens with zero attached hydrogens (tertiary/aromatic N) is 1. The van der Waals surface area contributed by atoms with E-state index in [1.165, 1.54) is 6.42 Å². The van der Waals surface area contributed by atoms with Crippen LogP contribution in [0.15, 0.2) is 0 Å². The van der Waals surface area contributed by atoms with E-state index in [4.69, 9.17) is 4.74 Å². The molecule has 0 aromatic carbocycles. The molecule has 1 aliphatic rings. The molecule has 17 heavy (non-hydrogen) atoms. The van der Waals surface area contributed by atoms with Crippen molar-refractivity contribution in [3.05, 3.63) is 0 Å². The summed E-state index contributed by atoms with van der Waals surface area (Å²) in [5.74, 6) is 0.624. The number of ether oxygens (including phenoxy) is 1. The number of hydrogen-bond acceptors (Lipinski definition) is 3. The van der Waals surface area contributed by atoms with Crippen molar-refractivity contribution in [1.82, 2.24) is 10.2 Å².